The number of amides is 1. The molecule has 0 radical (unpaired) electrons. The van der Waals surface area contributed by atoms with Crippen molar-refractivity contribution in [1.29, 1.82) is 0 Å². The summed E-state index contributed by atoms with van der Waals surface area (Å²) in [7, 11) is 1.72. The molecule has 0 aliphatic rings. The van der Waals surface area contributed by atoms with E-state index in [9.17, 15) is 4.79 Å². The fourth-order valence-electron chi connectivity index (χ4n) is 2.10. The van der Waals surface area contributed by atoms with Gasteiger partial charge in [-0.1, -0.05) is 50.9 Å². The number of rotatable bonds is 4. The van der Waals surface area contributed by atoms with Crippen LogP contribution in [-0.4, -0.2) is 23.6 Å². The van der Waals surface area contributed by atoms with Gasteiger partial charge in [0.1, 0.15) is 5.60 Å². The predicted octanol–water partition coefficient (Wildman–Crippen LogP) is 7.27. The number of halogens is 3. The van der Waals surface area contributed by atoms with Crippen molar-refractivity contribution in [2.45, 2.75) is 42.7 Å². The van der Waals surface area contributed by atoms with E-state index in [4.69, 9.17) is 27.9 Å². The zero-order valence-corrected chi connectivity index (χ0v) is 18.9. The van der Waals surface area contributed by atoms with Gasteiger partial charge in [-0.15, -0.1) is 0 Å². The van der Waals surface area contributed by atoms with E-state index in [0.717, 1.165) is 19.8 Å². The summed E-state index contributed by atoms with van der Waals surface area (Å²) in [5.74, 6) is 0. The van der Waals surface area contributed by atoms with Crippen LogP contribution in [0.15, 0.2) is 50.7 Å². The van der Waals surface area contributed by atoms with Crippen molar-refractivity contribution < 1.29 is 9.53 Å². The zero-order valence-electron chi connectivity index (χ0n) is 15.0. The molecule has 0 saturated carbocycles. The van der Waals surface area contributed by atoms with Gasteiger partial charge in [0.05, 0.1) is 10.0 Å². The lowest BCUT2D eigenvalue weighted by Gasteiger charge is -2.25. The normalized spacial score (nSPS) is 11.3. The van der Waals surface area contributed by atoms with Crippen LogP contribution in [0.2, 0.25) is 10.0 Å². The summed E-state index contributed by atoms with van der Waals surface area (Å²) < 4.78 is 6.37. The second kappa shape index (κ2) is 8.87. The summed E-state index contributed by atoms with van der Waals surface area (Å²) in [6.07, 6.45) is -0.358. The highest BCUT2D eigenvalue weighted by Gasteiger charge is 2.20. The highest BCUT2D eigenvalue weighted by atomic mass is 79.9. The van der Waals surface area contributed by atoms with E-state index in [1.807, 2.05) is 51.1 Å². The van der Waals surface area contributed by atoms with Crippen molar-refractivity contribution in [2.24, 2.45) is 0 Å². The maximum Gasteiger partial charge on any atom is 0.410 e. The molecule has 2 aromatic rings. The molecule has 3 nitrogen and oxygen atoms in total. The van der Waals surface area contributed by atoms with Gasteiger partial charge in [-0.2, -0.15) is 0 Å². The molecule has 0 unspecified atom stereocenters. The van der Waals surface area contributed by atoms with Crippen molar-refractivity contribution in [3.8, 4) is 0 Å². The van der Waals surface area contributed by atoms with Crippen LogP contribution in [0.3, 0.4) is 0 Å². The van der Waals surface area contributed by atoms with Crippen LogP contribution in [0.25, 0.3) is 0 Å². The van der Waals surface area contributed by atoms with Crippen molar-refractivity contribution >= 4 is 57.0 Å². The topological polar surface area (TPSA) is 29.5 Å². The number of carbonyl (C=O) groups excluding carboxylic acids is 1. The number of benzene rings is 2. The molecule has 0 saturated heterocycles. The van der Waals surface area contributed by atoms with Gasteiger partial charge in [-0.05, 0) is 62.7 Å². The maximum atomic E-state index is 12.3. The molecule has 2 aromatic carbocycles. The molecule has 26 heavy (non-hydrogen) atoms. The summed E-state index contributed by atoms with van der Waals surface area (Å²) in [5.41, 5.74) is 0.476. The molecule has 7 heteroatoms. The Kier molecular flexibility index (Phi) is 7.31. The first-order valence-electron chi connectivity index (χ1n) is 7.90. The second-order valence-corrected chi connectivity index (χ2v) is 9.61. The predicted molar refractivity (Wildman–Crippen MR) is 112 cm³/mol. The lowest BCUT2D eigenvalue weighted by Crippen LogP contribution is -2.33. The molecule has 0 fully saturated rings. The van der Waals surface area contributed by atoms with Gasteiger partial charge < -0.3 is 9.64 Å². The lowest BCUT2D eigenvalue weighted by atomic mass is 10.2. The number of hydrogen-bond acceptors (Lipinski definition) is 3. The van der Waals surface area contributed by atoms with E-state index < -0.39 is 5.60 Å². The van der Waals surface area contributed by atoms with Crippen molar-refractivity contribution in [3.63, 3.8) is 0 Å². The number of hydrogen-bond donors (Lipinski definition) is 0. The molecular weight excluding hydrogens is 457 g/mol. The maximum absolute atomic E-state index is 12.3. The third kappa shape index (κ3) is 6.38. The van der Waals surface area contributed by atoms with Gasteiger partial charge in [-0.3, -0.25) is 0 Å². The summed E-state index contributed by atoms with van der Waals surface area (Å²) in [6.45, 7) is 5.98. The Balaban J connectivity index is 2.21. The third-order valence-corrected chi connectivity index (χ3v) is 5.59. The van der Waals surface area contributed by atoms with Crippen molar-refractivity contribution in [2.75, 3.05) is 7.05 Å². The fraction of sp³-hybridized carbons (Fsp3) is 0.316. The Hall–Kier alpha value is -0.880. The zero-order chi connectivity index (χ0) is 19.5. The van der Waals surface area contributed by atoms with E-state index in [2.05, 4.69) is 15.9 Å². The first kappa shape index (κ1) is 21.4. The Morgan fingerprint density at radius 2 is 1.85 bits per heavy atom. The van der Waals surface area contributed by atoms with Crippen LogP contribution in [0, 0.1) is 0 Å². The number of carbonyl (C=O) groups is 1. The molecule has 0 N–H and O–H groups in total. The second-order valence-electron chi connectivity index (χ2n) is 6.77. The smallest absolute Gasteiger partial charge is 0.410 e. The summed E-state index contributed by atoms with van der Waals surface area (Å²) in [6, 6.07) is 11.5. The Morgan fingerprint density at radius 1 is 1.15 bits per heavy atom. The minimum Gasteiger partial charge on any atom is -0.444 e. The largest absolute Gasteiger partial charge is 0.444 e. The molecule has 140 valence electrons. The Labute approximate surface area is 177 Å². The van der Waals surface area contributed by atoms with Gasteiger partial charge in [0.2, 0.25) is 0 Å². The highest BCUT2D eigenvalue weighted by Crippen LogP contribution is 2.35. The molecule has 0 atom stereocenters. The fourth-order valence-corrected chi connectivity index (χ4v) is 3.83. The molecule has 0 aliphatic carbocycles. The molecule has 2 rings (SSSR count). The monoisotopic (exact) mass is 475 g/mol. The number of nitrogens with zero attached hydrogens (tertiary/aromatic N) is 1. The van der Waals surface area contributed by atoms with Gasteiger partial charge in [0, 0.05) is 27.9 Å². The minimum absolute atomic E-state index is 0.358. The van der Waals surface area contributed by atoms with Crippen LogP contribution < -0.4 is 0 Å². The molecule has 1 amide bonds. The van der Waals surface area contributed by atoms with Gasteiger partial charge in [0.25, 0.3) is 0 Å². The molecule has 0 aliphatic heterocycles. The van der Waals surface area contributed by atoms with Gasteiger partial charge in [-0.25, -0.2) is 4.79 Å². The highest BCUT2D eigenvalue weighted by molar-refractivity contribution is 9.10. The average Bonchev–Trinajstić information content (AvgIpc) is 2.52. The molecular formula is C19H20BrCl2NO2S. The standard InChI is InChI=1S/C19H20BrCl2NO2S/c1-19(2,3)25-18(24)23(4)11-12-9-13(20)5-8-17(12)26-14-6-7-15(21)16(22)10-14/h5-10H,11H2,1-4H3. The van der Waals surface area contributed by atoms with Crippen molar-refractivity contribution in [1.82, 2.24) is 4.90 Å². The Morgan fingerprint density at radius 3 is 2.46 bits per heavy atom. The lowest BCUT2D eigenvalue weighted by molar-refractivity contribution is 0.0284. The Bertz CT molecular complexity index is 809. The summed E-state index contributed by atoms with van der Waals surface area (Å²) >= 11 is 17.2. The SMILES string of the molecule is CN(Cc1cc(Br)ccc1Sc1ccc(Cl)c(Cl)c1)C(=O)OC(C)(C)C. The van der Waals surface area contributed by atoms with Crippen LogP contribution in [-0.2, 0) is 11.3 Å². The minimum atomic E-state index is -0.528. The summed E-state index contributed by atoms with van der Waals surface area (Å²) in [5, 5.41) is 1.04. The first-order valence-corrected chi connectivity index (χ1v) is 10.3. The quantitative estimate of drug-likeness (QED) is 0.464. The van der Waals surface area contributed by atoms with Gasteiger partial charge in [0.15, 0.2) is 0 Å². The van der Waals surface area contributed by atoms with Crippen molar-refractivity contribution in [3.05, 3.63) is 56.5 Å². The summed E-state index contributed by atoms with van der Waals surface area (Å²) in [4.78, 5) is 15.8. The first-order chi connectivity index (χ1) is 12.0. The van der Waals surface area contributed by atoms with Crippen LogP contribution in [0.4, 0.5) is 4.79 Å². The van der Waals surface area contributed by atoms with Gasteiger partial charge >= 0.3 is 6.09 Å². The van der Waals surface area contributed by atoms with Crippen LogP contribution >= 0.6 is 50.9 Å². The van der Waals surface area contributed by atoms with E-state index in [1.54, 1.807) is 29.8 Å². The molecule has 0 aromatic heterocycles. The van der Waals surface area contributed by atoms with E-state index in [0.29, 0.717) is 16.6 Å². The molecule has 0 spiro atoms. The van der Waals surface area contributed by atoms with Crippen LogP contribution in [0.1, 0.15) is 26.3 Å². The number of ether oxygens (including phenoxy) is 1. The van der Waals surface area contributed by atoms with E-state index in [1.165, 1.54) is 0 Å². The van der Waals surface area contributed by atoms with E-state index in [-0.39, 0.29) is 6.09 Å². The van der Waals surface area contributed by atoms with Crippen LogP contribution in [0.5, 0.6) is 0 Å². The third-order valence-electron chi connectivity index (χ3n) is 3.25. The molecule has 0 heterocycles. The van der Waals surface area contributed by atoms with E-state index >= 15 is 0 Å². The average molecular weight is 477 g/mol. The molecule has 0 bridgehead atoms.